The molecular formula is C11H15NO2. The largest absolute Gasteiger partial charge is 0.497 e. The lowest BCUT2D eigenvalue weighted by molar-refractivity contribution is 0.325. The van der Waals surface area contributed by atoms with E-state index < -0.39 is 0 Å². The molecule has 3 nitrogen and oxygen atoms in total. The molecule has 0 aromatic heterocycles. The highest BCUT2D eigenvalue weighted by Crippen LogP contribution is 2.17. The summed E-state index contributed by atoms with van der Waals surface area (Å²) in [6, 6.07) is 7.53. The molecule has 0 bridgehead atoms. The number of hydrogen-bond donors (Lipinski definition) is 0. The average molecular weight is 193 g/mol. The maximum Gasteiger partial charge on any atom is 0.185 e. The highest BCUT2D eigenvalue weighted by Gasteiger charge is 1.93. The topological polar surface area (TPSA) is 30.8 Å². The van der Waals surface area contributed by atoms with Gasteiger partial charge in [-0.2, -0.15) is 0 Å². The molecular weight excluding hydrogens is 178 g/mol. The van der Waals surface area contributed by atoms with Gasteiger partial charge in [-0.3, -0.25) is 0 Å². The molecule has 0 saturated heterocycles. The van der Waals surface area contributed by atoms with E-state index in [2.05, 4.69) is 4.99 Å². The van der Waals surface area contributed by atoms with Gasteiger partial charge < -0.3 is 9.47 Å². The van der Waals surface area contributed by atoms with Crippen LogP contribution in [0.1, 0.15) is 13.8 Å². The van der Waals surface area contributed by atoms with E-state index in [-0.39, 0.29) is 0 Å². The molecule has 1 rings (SSSR count). The van der Waals surface area contributed by atoms with Crippen molar-refractivity contribution in [3.05, 3.63) is 24.3 Å². The third kappa shape index (κ3) is 3.09. The molecule has 0 atom stereocenters. The highest BCUT2D eigenvalue weighted by molar-refractivity contribution is 5.76. The third-order valence-electron chi connectivity index (χ3n) is 1.71. The van der Waals surface area contributed by atoms with Crippen molar-refractivity contribution in [1.82, 2.24) is 0 Å². The molecule has 1 aromatic rings. The van der Waals surface area contributed by atoms with Gasteiger partial charge in [0, 0.05) is 6.92 Å². The van der Waals surface area contributed by atoms with Crippen LogP contribution in [0.2, 0.25) is 0 Å². The smallest absolute Gasteiger partial charge is 0.185 e. The Labute approximate surface area is 84.4 Å². The van der Waals surface area contributed by atoms with Crippen molar-refractivity contribution in [3.63, 3.8) is 0 Å². The van der Waals surface area contributed by atoms with E-state index in [0.29, 0.717) is 12.5 Å². The Morgan fingerprint density at radius 2 is 1.93 bits per heavy atom. The minimum Gasteiger partial charge on any atom is -0.497 e. The van der Waals surface area contributed by atoms with Gasteiger partial charge in [0.1, 0.15) is 5.75 Å². The van der Waals surface area contributed by atoms with E-state index in [0.717, 1.165) is 11.4 Å². The molecule has 1 aromatic carbocycles. The second kappa shape index (κ2) is 5.27. The normalized spacial score (nSPS) is 11.2. The summed E-state index contributed by atoms with van der Waals surface area (Å²) in [6.07, 6.45) is 0. The molecule has 14 heavy (non-hydrogen) atoms. The molecule has 0 amide bonds. The van der Waals surface area contributed by atoms with Gasteiger partial charge in [0.05, 0.1) is 19.4 Å². The van der Waals surface area contributed by atoms with Crippen molar-refractivity contribution in [2.45, 2.75) is 13.8 Å². The van der Waals surface area contributed by atoms with E-state index >= 15 is 0 Å². The van der Waals surface area contributed by atoms with Crippen LogP contribution in [0.3, 0.4) is 0 Å². The number of aliphatic imine (C=N–C) groups is 1. The van der Waals surface area contributed by atoms with Crippen LogP contribution < -0.4 is 4.74 Å². The summed E-state index contributed by atoms with van der Waals surface area (Å²) in [4.78, 5) is 4.26. The quantitative estimate of drug-likeness (QED) is 0.546. The van der Waals surface area contributed by atoms with Crippen LogP contribution >= 0.6 is 0 Å². The fraction of sp³-hybridized carbons (Fsp3) is 0.364. The van der Waals surface area contributed by atoms with E-state index in [4.69, 9.17) is 9.47 Å². The van der Waals surface area contributed by atoms with Gasteiger partial charge in [-0.05, 0) is 31.2 Å². The molecule has 0 unspecified atom stereocenters. The lowest BCUT2D eigenvalue weighted by Gasteiger charge is -2.02. The Morgan fingerprint density at radius 1 is 1.29 bits per heavy atom. The van der Waals surface area contributed by atoms with Gasteiger partial charge in [-0.15, -0.1) is 0 Å². The number of ether oxygens (including phenoxy) is 2. The van der Waals surface area contributed by atoms with Gasteiger partial charge in [-0.25, -0.2) is 4.99 Å². The van der Waals surface area contributed by atoms with Crippen LogP contribution in [0.25, 0.3) is 0 Å². The summed E-state index contributed by atoms with van der Waals surface area (Å²) in [5.74, 6) is 1.51. The Balaban J connectivity index is 2.72. The Bertz CT molecular complexity index is 304. The molecule has 76 valence electrons. The molecule has 0 aliphatic rings. The lowest BCUT2D eigenvalue weighted by Crippen LogP contribution is -1.97. The predicted octanol–water partition coefficient (Wildman–Crippen LogP) is 2.78. The minimum absolute atomic E-state index is 0.644. The summed E-state index contributed by atoms with van der Waals surface area (Å²) < 4.78 is 10.3. The minimum atomic E-state index is 0.644. The summed E-state index contributed by atoms with van der Waals surface area (Å²) in [7, 11) is 1.64. The standard InChI is InChI=1S/C11H15NO2/c1-4-14-9(2)12-10-5-7-11(13-3)8-6-10/h5-8H,4H2,1-3H3. The first-order valence-corrected chi connectivity index (χ1v) is 4.58. The SMILES string of the molecule is CCOC(C)=Nc1ccc(OC)cc1. The molecule has 3 heteroatoms. The number of rotatable bonds is 3. The predicted molar refractivity (Wildman–Crippen MR) is 57.4 cm³/mol. The molecule has 0 saturated carbocycles. The van der Waals surface area contributed by atoms with Gasteiger partial charge in [0.25, 0.3) is 0 Å². The molecule has 0 radical (unpaired) electrons. The third-order valence-corrected chi connectivity index (χ3v) is 1.71. The number of benzene rings is 1. The maximum atomic E-state index is 5.22. The first-order chi connectivity index (χ1) is 6.76. The van der Waals surface area contributed by atoms with Gasteiger partial charge in [0.15, 0.2) is 5.90 Å². The molecule has 0 N–H and O–H groups in total. The van der Waals surface area contributed by atoms with Crippen molar-refractivity contribution in [1.29, 1.82) is 0 Å². The molecule has 0 spiro atoms. The van der Waals surface area contributed by atoms with Gasteiger partial charge >= 0.3 is 0 Å². The van der Waals surface area contributed by atoms with Crippen LogP contribution in [0.15, 0.2) is 29.3 Å². The number of hydrogen-bond acceptors (Lipinski definition) is 3. The maximum absolute atomic E-state index is 5.22. The fourth-order valence-corrected chi connectivity index (χ4v) is 1.08. The Morgan fingerprint density at radius 3 is 2.43 bits per heavy atom. The zero-order valence-electron chi connectivity index (χ0n) is 8.78. The fourth-order valence-electron chi connectivity index (χ4n) is 1.08. The monoisotopic (exact) mass is 193 g/mol. The zero-order valence-corrected chi connectivity index (χ0v) is 8.78. The van der Waals surface area contributed by atoms with Gasteiger partial charge in [0.2, 0.25) is 0 Å². The first kappa shape index (κ1) is 10.6. The highest BCUT2D eigenvalue weighted by atomic mass is 16.5. The summed E-state index contributed by atoms with van der Waals surface area (Å²) in [5.41, 5.74) is 0.872. The van der Waals surface area contributed by atoms with E-state index in [1.807, 2.05) is 38.1 Å². The molecule has 0 aliphatic heterocycles. The second-order valence-electron chi connectivity index (χ2n) is 2.76. The summed E-state index contributed by atoms with van der Waals surface area (Å²) in [5, 5.41) is 0. The Hall–Kier alpha value is -1.51. The first-order valence-electron chi connectivity index (χ1n) is 4.58. The van der Waals surface area contributed by atoms with Crippen molar-refractivity contribution in [3.8, 4) is 5.75 Å². The number of methoxy groups -OCH3 is 1. The van der Waals surface area contributed by atoms with Crippen LogP contribution in [-0.2, 0) is 4.74 Å². The van der Waals surface area contributed by atoms with Crippen molar-refractivity contribution in [2.75, 3.05) is 13.7 Å². The Kier molecular flexibility index (Phi) is 3.98. The average Bonchev–Trinajstić information content (AvgIpc) is 2.19. The van der Waals surface area contributed by atoms with E-state index in [1.54, 1.807) is 7.11 Å². The summed E-state index contributed by atoms with van der Waals surface area (Å²) in [6.45, 7) is 4.42. The zero-order chi connectivity index (χ0) is 10.4. The lowest BCUT2D eigenvalue weighted by atomic mass is 10.3. The number of nitrogens with zero attached hydrogens (tertiary/aromatic N) is 1. The van der Waals surface area contributed by atoms with E-state index in [9.17, 15) is 0 Å². The van der Waals surface area contributed by atoms with Crippen molar-refractivity contribution >= 4 is 11.6 Å². The van der Waals surface area contributed by atoms with Crippen LogP contribution in [0, 0.1) is 0 Å². The molecule has 0 fully saturated rings. The second-order valence-corrected chi connectivity index (χ2v) is 2.76. The van der Waals surface area contributed by atoms with E-state index in [1.165, 1.54) is 0 Å². The van der Waals surface area contributed by atoms with Crippen molar-refractivity contribution < 1.29 is 9.47 Å². The van der Waals surface area contributed by atoms with Crippen molar-refractivity contribution in [2.24, 2.45) is 4.99 Å². The van der Waals surface area contributed by atoms with Gasteiger partial charge in [-0.1, -0.05) is 0 Å². The van der Waals surface area contributed by atoms with Crippen LogP contribution in [0.5, 0.6) is 5.75 Å². The summed E-state index contributed by atoms with van der Waals surface area (Å²) >= 11 is 0. The molecule has 0 aliphatic carbocycles. The van der Waals surface area contributed by atoms with Crippen LogP contribution in [0.4, 0.5) is 5.69 Å². The molecule has 0 heterocycles. The van der Waals surface area contributed by atoms with Crippen LogP contribution in [-0.4, -0.2) is 19.6 Å².